The van der Waals surface area contributed by atoms with Crippen LogP contribution in [0.2, 0.25) is 0 Å². The van der Waals surface area contributed by atoms with E-state index in [1.165, 1.54) is 0 Å². The second-order valence-corrected chi connectivity index (χ2v) is 4.60. The average molecular weight is 245 g/mol. The Morgan fingerprint density at radius 1 is 1.28 bits per heavy atom. The van der Waals surface area contributed by atoms with Crippen molar-refractivity contribution in [2.45, 2.75) is 24.9 Å². The molecule has 2 aromatic rings. The van der Waals surface area contributed by atoms with Gasteiger partial charge < -0.3 is 15.0 Å². The first kappa shape index (κ1) is 11.2. The van der Waals surface area contributed by atoms with E-state index in [9.17, 15) is 0 Å². The lowest BCUT2D eigenvalue weighted by Gasteiger charge is -2.04. The molecule has 1 heterocycles. The minimum absolute atomic E-state index is 0.0575. The van der Waals surface area contributed by atoms with Crippen molar-refractivity contribution in [3.8, 4) is 5.75 Å². The maximum absolute atomic E-state index is 5.72. The van der Waals surface area contributed by atoms with Crippen LogP contribution in [-0.2, 0) is 12.0 Å². The quantitative estimate of drug-likeness (QED) is 0.866. The van der Waals surface area contributed by atoms with Gasteiger partial charge in [-0.05, 0) is 25.0 Å². The summed E-state index contributed by atoms with van der Waals surface area (Å²) in [6.45, 7) is 0.877. The Bertz CT molecular complexity index is 520. The molecule has 1 saturated carbocycles. The van der Waals surface area contributed by atoms with Gasteiger partial charge in [0.25, 0.3) is 0 Å². The molecule has 1 fully saturated rings. The summed E-state index contributed by atoms with van der Waals surface area (Å²) in [6, 6.07) is 9.57. The second-order valence-electron chi connectivity index (χ2n) is 4.60. The van der Waals surface area contributed by atoms with Crippen molar-refractivity contribution in [1.29, 1.82) is 0 Å². The van der Waals surface area contributed by atoms with Crippen LogP contribution in [0.4, 0.5) is 0 Å². The van der Waals surface area contributed by atoms with Gasteiger partial charge in [0.15, 0.2) is 6.61 Å². The molecule has 0 amide bonds. The Morgan fingerprint density at radius 3 is 2.72 bits per heavy atom. The average Bonchev–Trinajstić information content (AvgIpc) is 3.09. The van der Waals surface area contributed by atoms with Crippen molar-refractivity contribution in [1.82, 2.24) is 10.1 Å². The van der Waals surface area contributed by atoms with Crippen LogP contribution >= 0.6 is 0 Å². The molecule has 0 unspecified atom stereocenters. The summed E-state index contributed by atoms with van der Waals surface area (Å²) in [4.78, 5) is 4.35. The highest BCUT2D eigenvalue weighted by Crippen LogP contribution is 2.46. The molecule has 1 aliphatic carbocycles. The van der Waals surface area contributed by atoms with Crippen LogP contribution < -0.4 is 10.5 Å². The zero-order valence-electron chi connectivity index (χ0n) is 10.0. The molecule has 0 saturated heterocycles. The minimum atomic E-state index is -0.0575. The highest BCUT2D eigenvalue weighted by atomic mass is 16.5. The molecule has 0 radical (unpaired) electrons. The van der Waals surface area contributed by atoms with E-state index in [0.29, 0.717) is 24.9 Å². The van der Waals surface area contributed by atoms with Crippen LogP contribution in [0.3, 0.4) is 0 Å². The molecule has 18 heavy (non-hydrogen) atoms. The van der Waals surface area contributed by atoms with E-state index in [1.807, 2.05) is 30.3 Å². The number of aromatic nitrogens is 2. The molecule has 2 N–H and O–H groups in total. The van der Waals surface area contributed by atoms with E-state index < -0.39 is 0 Å². The van der Waals surface area contributed by atoms with Gasteiger partial charge in [0.1, 0.15) is 5.75 Å². The van der Waals surface area contributed by atoms with Gasteiger partial charge in [-0.25, -0.2) is 0 Å². The predicted octanol–water partition coefficient (Wildman–Crippen LogP) is 1.64. The normalized spacial score (nSPS) is 16.5. The van der Waals surface area contributed by atoms with Crippen molar-refractivity contribution in [3.63, 3.8) is 0 Å². The van der Waals surface area contributed by atoms with Gasteiger partial charge in [-0.15, -0.1) is 0 Å². The van der Waals surface area contributed by atoms with Crippen LogP contribution in [0.25, 0.3) is 0 Å². The van der Waals surface area contributed by atoms with E-state index in [1.54, 1.807) is 0 Å². The molecule has 5 nitrogen and oxygen atoms in total. The summed E-state index contributed by atoms with van der Waals surface area (Å²) in [5.74, 6) is 2.01. The predicted molar refractivity (Wildman–Crippen MR) is 65.0 cm³/mol. The van der Waals surface area contributed by atoms with E-state index in [-0.39, 0.29) is 5.41 Å². The van der Waals surface area contributed by atoms with Crippen molar-refractivity contribution in [2.24, 2.45) is 5.73 Å². The first-order chi connectivity index (χ1) is 8.82. The maximum Gasteiger partial charge on any atom is 0.234 e. The highest BCUT2D eigenvalue weighted by Gasteiger charge is 2.48. The van der Waals surface area contributed by atoms with E-state index in [2.05, 4.69) is 10.1 Å². The summed E-state index contributed by atoms with van der Waals surface area (Å²) in [6.07, 6.45) is 2.06. The number of nitrogens with two attached hydrogens (primary N) is 1. The molecule has 0 aliphatic heterocycles. The van der Waals surface area contributed by atoms with Crippen LogP contribution in [0.1, 0.15) is 24.6 Å². The van der Waals surface area contributed by atoms with Crippen LogP contribution in [0, 0.1) is 0 Å². The number of hydrogen-bond donors (Lipinski definition) is 1. The van der Waals surface area contributed by atoms with Crippen LogP contribution in [0.15, 0.2) is 34.9 Å². The van der Waals surface area contributed by atoms with Gasteiger partial charge in [0, 0.05) is 6.54 Å². The van der Waals surface area contributed by atoms with Crippen LogP contribution in [0.5, 0.6) is 5.75 Å². The molecule has 0 atom stereocenters. The monoisotopic (exact) mass is 245 g/mol. The lowest BCUT2D eigenvalue weighted by Crippen LogP contribution is -2.20. The number of ether oxygens (including phenoxy) is 1. The zero-order chi connectivity index (χ0) is 12.4. The van der Waals surface area contributed by atoms with Crippen molar-refractivity contribution in [3.05, 3.63) is 42.0 Å². The van der Waals surface area contributed by atoms with Gasteiger partial charge in [-0.3, -0.25) is 0 Å². The Hall–Kier alpha value is -1.88. The zero-order valence-corrected chi connectivity index (χ0v) is 10.0. The number of rotatable bonds is 5. The third-order valence-electron chi connectivity index (χ3n) is 3.28. The molecule has 5 heteroatoms. The van der Waals surface area contributed by atoms with Crippen molar-refractivity contribution >= 4 is 0 Å². The fourth-order valence-corrected chi connectivity index (χ4v) is 1.85. The van der Waals surface area contributed by atoms with Gasteiger partial charge in [0.2, 0.25) is 11.7 Å². The van der Waals surface area contributed by atoms with Crippen molar-refractivity contribution < 1.29 is 9.26 Å². The summed E-state index contributed by atoms with van der Waals surface area (Å²) >= 11 is 0. The number of nitrogens with zero attached hydrogens (tertiary/aromatic N) is 2. The molecular weight excluding hydrogens is 230 g/mol. The number of hydrogen-bond acceptors (Lipinski definition) is 5. The van der Waals surface area contributed by atoms with E-state index in [0.717, 1.165) is 18.6 Å². The largest absolute Gasteiger partial charge is 0.485 e. The SMILES string of the molecule is NCC1(c2nc(COc3ccccc3)no2)CC1. The van der Waals surface area contributed by atoms with Gasteiger partial charge in [-0.2, -0.15) is 4.98 Å². The Morgan fingerprint density at radius 2 is 2.06 bits per heavy atom. The molecular formula is C13H15N3O2. The third kappa shape index (κ3) is 2.09. The first-order valence-electron chi connectivity index (χ1n) is 6.03. The molecule has 0 spiro atoms. The second kappa shape index (κ2) is 4.42. The smallest absolute Gasteiger partial charge is 0.234 e. The Balaban J connectivity index is 1.64. The van der Waals surface area contributed by atoms with Gasteiger partial charge >= 0.3 is 0 Å². The molecule has 1 aromatic carbocycles. The Kier molecular flexibility index (Phi) is 2.76. The number of benzene rings is 1. The maximum atomic E-state index is 5.72. The summed E-state index contributed by atoms with van der Waals surface area (Å²) in [5.41, 5.74) is 5.66. The van der Waals surface area contributed by atoms with Crippen molar-refractivity contribution in [2.75, 3.05) is 6.54 Å². The minimum Gasteiger partial charge on any atom is -0.485 e. The first-order valence-corrected chi connectivity index (χ1v) is 6.03. The fraction of sp³-hybridized carbons (Fsp3) is 0.385. The summed E-state index contributed by atoms with van der Waals surface area (Å²) in [7, 11) is 0. The summed E-state index contributed by atoms with van der Waals surface area (Å²) < 4.78 is 10.8. The third-order valence-corrected chi connectivity index (χ3v) is 3.28. The van der Waals surface area contributed by atoms with E-state index >= 15 is 0 Å². The lowest BCUT2D eigenvalue weighted by atomic mass is 10.1. The van der Waals surface area contributed by atoms with Gasteiger partial charge in [0.05, 0.1) is 5.41 Å². The Labute approximate surface area is 105 Å². The standard InChI is InChI=1S/C13H15N3O2/c14-9-13(6-7-13)12-15-11(16-18-12)8-17-10-4-2-1-3-5-10/h1-5H,6-9,14H2. The molecule has 1 aromatic heterocycles. The summed E-state index contributed by atoms with van der Waals surface area (Å²) in [5, 5.41) is 3.92. The topological polar surface area (TPSA) is 74.2 Å². The molecule has 94 valence electrons. The molecule has 0 bridgehead atoms. The lowest BCUT2D eigenvalue weighted by molar-refractivity contribution is 0.283. The number of para-hydroxylation sites is 1. The highest BCUT2D eigenvalue weighted by molar-refractivity contribution is 5.21. The van der Waals surface area contributed by atoms with E-state index in [4.69, 9.17) is 15.0 Å². The molecule has 1 aliphatic rings. The molecule has 3 rings (SSSR count). The fourth-order valence-electron chi connectivity index (χ4n) is 1.85. The van der Waals surface area contributed by atoms with Gasteiger partial charge in [-0.1, -0.05) is 23.4 Å². The van der Waals surface area contributed by atoms with Crippen LogP contribution in [-0.4, -0.2) is 16.7 Å².